The third-order valence-electron chi connectivity index (χ3n) is 4.01. The zero-order valence-electron chi connectivity index (χ0n) is 13.2. The largest absolute Gasteiger partial charge is 0.478 e. The normalized spacial score (nSPS) is 12.1. The van der Waals surface area contributed by atoms with Gasteiger partial charge in [-0.2, -0.15) is 0 Å². The molecule has 1 N–H and O–H groups in total. The van der Waals surface area contributed by atoms with Gasteiger partial charge in [0.1, 0.15) is 5.75 Å². The van der Waals surface area contributed by atoms with Crippen molar-refractivity contribution in [2.75, 3.05) is 0 Å². The Morgan fingerprint density at radius 2 is 1.88 bits per heavy atom. The third-order valence-corrected chi connectivity index (χ3v) is 4.25. The van der Waals surface area contributed by atoms with Gasteiger partial charge in [0, 0.05) is 16.8 Å². The average molecular weight is 341 g/mol. The molecular weight excluding hydrogens is 324 g/mol. The summed E-state index contributed by atoms with van der Waals surface area (Å²) in [5.41, 5.74) is 1.86. The summed E-state index contributed by atoms with van der Waals surface area (Å²) in [5, 5.41) is 12.1. The molecule has 3 aromatic carbocycles. The molecule has 0 heterocycles. The fourth-order valence-corrected chi connectivity index (χ4v) is 2.89. The van der Waals surface area contributed by atoms with Crippen LogP contribution >= 0.6 is 11.6 Å². The predicted molar refractivity (Wildman–Crippen MR) is 95.9 cm³/mol. The molecule has 0 bridgehead atoms. The van der Waals surface area contributed by atoms with E-state index >= 15 is 0 Å². The number of rotatable bonds is 5. The van der Waals surface area contributed by atoms with Crippen LogP contribution in [0.4, 0.5) is 0 Å². The van der Waals surface area contributed by atoms with Gasteiger partial charge in [0.25, 0.3) is 0 Å². The van der Waals surface area contributed by atoms with E-state index < -0.39 is 12.1 Å². The van der Waals surface area contributed by atoms with Crippen LogP contribution in [-0.4, -0.2) is 17.2 Å². The number of aryl methyl sites for hydroxylation is 1. The zero-order chi connectivity index (χ0) is 17.1. The quantitative estimate of drug-likeness (QED) is 0.720. The van der Waals surface area contributed by atoms with Crippen LogP contribution in [0.5, 0.6) is 5.75 Å². The van der Waals surface area contributed by atoms with Crippen LogP contribution in [0, 0.1) is 6.92 Å². The summed E-state index contributed by atoms with van der Waals surface area (Å²) in [6, 6.07) is 18.8. The van der Waals surface area contributed by atoms with E-state index in [1.165, 1.54) is 0 Å². The van der Waals surface area contributed by atoms with E-state index in [1.807, 2.05) is 49.4 Å². The molecule has 0 spiro atoms. The highest BCUT2D eigenvalue weighted by atomic mass is 35.5. The molecule has 3 rings (SSSR count). The van der Waals surface area contributed by atoms with Gasteiger partial charge in [0.05, 0.1) is 0 Å². The molecule has 1 atom stereocenters. The molecule has 3 nitrogen and oxygen atoms in total. The molecule has 0 radical (unpaired) electrons. The zero-order valence-corrected chi connectivity index (χ0v) is 14.0. The molecule has 0 unspecified atom stereocenters. The highest BCUT2D eigenvalue weighted by molar-refractivity contribution is 6.30. The van der Waals surface area contributed by atoms with Crippen molar-refractivity contribution in [3.8, 4) is 5.75 Å². The van der Waals surface area contributed by atoms with Crippen molar-refractivity contribution in [2.45, 2.75) is 19.4 Å². The van der Waals surface area contributed by atoms with Crippen LogP contribution < -0.4 is 4.74 Å². The lowest BCUT2D eigenvalue weighted by molar-refractivity contribution is -0.144. The van der Waals surface area contributed by atoms with Gasteiger partial charge in [-0.15, -0.1) is 0 Å². The summed E-state index contributed by atoms with van der Waals surface area (Å²) < 4.78 is 5.85. The summed E-state index contributed by atoms with van der Waals surface area (Å²) >= 11 is 6.03. The molecule has 0 aliphatic heterocycles. The van der Waals surface area contributed by atoms with Crippen LogP contribution in [0.2, 0.25) is 5.02 Å². The van der Waals surface area contributed by atoms with E-state index in [-0.39, 0.29) is 6.42 Å². The van der Waals surface area contributed by atoms with Gasteiger partial charge >= 0.3 is 5.97 Å². The van der Waals surface area contributed by atoms with Crippen LogP contribution in [0.15, 0.2) is 60.7 Å². The Bertz CT molecular complexity index is 884. The molecule has 0 fully saturated rings. The summed E-state index contributed by atoms with van der Waals surface area (Å²) in [6.45, 7) is 1.93. The molecular formula is C20H17ClO3. The van der Waals surface area contributed by atoms with Gasteiger partial charge in [-0.25, -0.2) is 4.79 Å². The lowest BCUT2D eigenvalue weighted by Gasteiger charge is -2.18. The monoisotopic (exact) mass is 340 g/mol. The first-order chi connectivity index (χ1) is 11.5. The second-order valence-corrected chi connectivity index (χ2v) is 6.13. The van der Waals surface area contributed by atoms with E-state index in [4.69, 9.17) is 16.3 Å². The van der Waals surface area contributed by atoms with Crippen LogP contribution in [0.25, 0.3) is 10.8 Å². The van der Waals surface area contributed by atoms with E-state index in [0.29, 0.717) is 10.8 Å². The summed E-state index contributed by atoms with van der Waals surface area (Å²) in [7, 11) is 0. The van der Waals surface area contributed by atoms with Gasteiger partial charge in [-0.3, -0.25) is 0 Å². The number of fused-ring (bicyclic) bond motifs is 1. The molecule has 0 aromatic heterocycles. The third kappa shape index (κ3) is 3.52. The molecule has 0 amide bonds. The van der Waals surface area contributed by atoms with Crippen molar-refractivity contribution in [2.24, 2.45) is 0 Å². The molecule has 0 aliphatic carbocycles. The topological polar surface area (TPSA) is 46.5 Å². The predicted octanol–water partition coefficient (Wildman–Crippen LogP) is 4.88. The number of aliphatic carboxylic acids is 1. The van der Waals surface area contributed by atoms with E-state index in [1.54, 1.807) is 18.2 Å². The Balaban J connectivity index is 1.91. The van der Waals surface area contributed by atoms with Crippen molar-refractivity contribution in [3.63, 3.8) is 0 Å². The fraction of sp³-hybridized carbons (Fsp3) is 0.150. The second-order valence-electron chi connectivity index (χ2n) is 5.70. The van der Waals surface area contributed by atoms with Gasteiger partial charge in [0.2, 0.25) is 0 Å². The molecule has 3 aromatic rings. The highest BCUT2D eigenvalue weighted by Crippen LogP contribution is 2.27. The minimum Gasteiger partial charge on any atom is -0.478 e. The first kappa shape index (κ1) is 16.3. The molecule has 24 heavy (non-hydrogen) atoms. The first-order valence-corrected chi connectivity index (χ1v) is 8.04. The maximum absolute atomic E-state index is 11.7. The van der Waals surface area contributed by atoms with Crippen molar-refractivity contribution >= 4 is 28.3 Å². The lowest BCUT2D eigenvalue weighted by atomic mass is 10.0. The van der Waals surface area contributed by atoms with Gasteiger partial charge < -0.3 is 9.84 Å². The number of ether oxygens (including phenoxy) is 1. The number of benzene rings is 3. The lowest BCUT2D eigenvalue weighted by Crippen LogP contribution is -2.29. The Morgan fingerprint density at radius 1 is 1.12 bits per heavy atom. The number of hydrogen-bond acceptors (Lipinski definition) is 2. The molecule has 0 aliphatic rings. The summed E-state index contributed by atoms with van der Waals surface area (Å²) in [4.78, 5) is 11.7. The van der Waals surface area contributed by atoms with Crippen molar-refractivity contribution in [1.82, 2.24) is 0 Å². The number of carboxylic acid groups (broad SMARTS) is 1. The SMILES string of the molecule is Cc1ccc(Cl)cc1C[C@@H](Oc1cccc2ccccc12)C(=O)O. The number of carbonyl (C=O) groups is 1. The number of carboxylic acids is 1. The van der Waals surface area contributed by atoms with E-state index in [0.717, 1.165) is 21.9 Å². The Morgan fingerprint density at radius 3 is 2.67 bits per heavy atom. The van der Waals surface area contributed by atoms with Gasteiger partial charge in [-0.1, -0.05) is 54.1 Å². The smallest absolute Gasteiger partial charge is 0.345 e. The number of halogens is 1. The maximum atomic E-state index is 11.7. The summed E-state index contributed by atoms with van der Waals surface area (Å²) in [6.07, 6.45) is -0.724. The molecule has 0 saturated carbocycles. The van der Waals surface area contributed by atoms with Crippen LogP contribution in [0.3, 0.4) is 0 Å². The van der Waals surface area contributed by atoms with Gasteiger partial charge in [0.15, 0.2) is 6.10 Å². The van der Waals surface area contributed by atoms with Gasteiger partial charge in [-0.05, 0) is 41.6 Å². The second kappa shape index (κ2) is 6.93. The van der Waals surface area contributed by atoms with Crippen LogP contribution in [0.1, 0.15) is 11.1 Å². The highest BCUT2D eigenvalue weighted by Gasteiger charge is 2.22. The minimum atomic E-state index is -0.998. The van der Waals surface area contributed by atoms with Crippen molar-refractivity contribution < 1.29 is 14.6 Å². The van der Waals surface area contributed by atoms with E-state index in [2.05, 4.69) is 0 Å². The minimum absolute atomic E-state index is 0.255. The first-order valence-electron chi connectivity index (χ1n) is 7.67. The molecule has 0 saturated heterocycles. The Kier molecular flexibility index (Phi) is 4.72. The van der Waals surface area contributed by atoms with Crippen LogP contribution in [-0.2, 0) is 11.2 Å². The summed E-state index contributed by atoms with van der Waals surface area (Å²) in [5.74, 6) is -0.428. The van der Waals surface area contributed by atoms with E-state index in [9.17, 15) is 9.90 Å². The average Bonchev–Trinajstić information content (AvgIpc) is 2.57. The van der Waals surface area contributed by atoms with Crippen molar-refractivity contribution in [1.29, 1.82) is 0 Å². The number of hydrogen-bond donors (Lipinski definition) is 1. The Labute approximate surface area is 145 Å². The molecule has 122 valence electrons. The van der Waals surface area contributed by atoms with Crippen molar-refractivity contribution in [3.05, 3.63) is 76.8 Å². The molecule has 4 heteroatoms. The maximum Gasteiger partial charge on any atom is 0.345 e. The fourth-order valence-electron chi connectivity index (χ4n) is 2.69. The standard InChI is InChI=1S/C20H17ClO3/c1-13-9-10-16(21)11-15(13)12-19(20(22)23)24-18-8-4-6-14-5-2-3-7-17(14)18/h2-11,19H,12H2,1H3,(H,22,23)/t19-/m1/s1. The Hall–Kier alpha value is -2.52.